The van der Waals surface area contributed by atoms with Crippen molar-refractivity contribution in [3.8, 4) is 0 Å². The van der Waals surface area contributed by atoms with Gasteiger partial charge in [-0.15, -0.1) is 0 Å². The minimum atomic E-state index is -1.47. The highest BCUT2D eigenvalue weighted by Crippen LogP contribution is 2.00. The van der Waals surface area contributed by atoms with Crippen LogP contribution in [0.2, 0.25) is 0 Å². The Bertz CT molecular complexity index is 453. The van der Waals surface area contributed by atoms with Crippen molar-refractivity contribution in [3.63, 3.8) is 0 Å². The maximum atomic E-state index is 11.5. The Balaban J connectivity index is 2.70. The number of hydrogen-bond acceptors (Lipinski definition) is 4. The van der Waals surface area contributed by atoms with Crippen molar-refractivity contribution in [3.05, 3.63) is 17.5 Å². The number of carboxylic acid groups (broad SMARTS) is 2. The summed E-state index contributed by atoms with van der Waals surface area (Å²) in [4.78, 5) is 32.6. The number of rotatable bonds is 5. The number of carbonyl (C=O) groups is 3. The molecular formula is C9H11N3O5. The lowest BCUT2D eigenvalue weighted by molar-refractivity contribution is -0.145. The standard InChI is InChI=1S/C9H11N3O5/c1-4-2-5(12-11-4)8(15)10-6(9(16)17)3-7(13)14/h2,6H,3H2,1H3,(H,10,15)(H,11,12)(H,13,14)(H,16,17). The van der Waals surface area contributed by atoms with Crippen molar-refractivity contribution >= 4 is 17.8 Å². The number of carbonyl (C=O) groups excluding carboxylic acids is 1. The van der Waals surface area contributed by atoms with Crippen LogP contribution in [-0.2, 0) is 9.59 Å². The average Bonchev–Trinajstić information content (AvgIpc) is 2.63. The first-order valence-corrected chi connectivity index (χ1v) is 4.67. The molecule has 1 amide bonds. The first-order chi connectivity index (χ1) is 7.90. The summed E-state index contributed by atoms with van der Waals surface area (Å²) in [5.41, 5.74) is 0.652. The molecule has 1 heterocycles. The number of aromatic amines is 1. The third kappa shape index (κ3) is 3.59. The Kier molecular flexibility index (Phi) is 3.81. The topological polar surface area (TPSA) is 132 Å². The summed E-state index contributed by atoms with van der Waals surface area (Å²) in [6.45, 7) is 1.68. The third-order valence-corrected chi connectivity index (χ3v) is 1.92. The predicted octanol–water partition coefficient (Wildman–Crippen LogP) is -0.624. The van der Waals surface area contributed by atoms with E-state index in [4.69, 9.17) is 10.2 Å². The van der Waals surface area contributed by atoms with Gasteiger partial charge < -0.3 is 15.5 Å². The van der Waals surface area contributed by atoms with E-state index in [0.717, 1.165) is 0 Å². The van der Waals surface area contributed by atoms with Crippen LogP contribution in [0, 0.1) is 6.92 Å². The number of aliphatic carboxylic acids is 2. The van der Waals surface area contributed by atoms with Gasteiger partial charge >= 0.3 is 11.9 Å². The average molecular weight is 241 g/mol. The van der Waals surface area contributed by atoms with Gasteiger partial charge in [0.1, 0.15) is 11.7 Å². The van der Waals surface area contributed by atoms with Gasteiger partial charge in [-0.25, -0.2) is 4.79 Å². The van der Waals surface area contributed by atoms with E-state index < -0.39 is 30.3 Å². The highest BCUT2D eigenvalue weighted by molar-refractivity contribution is 5.95. The Morgan fingerprint density at radius 3 is 2.53 bits per heavy atom. The van der Waals surface area contributed by atoms with Crippen molar-refractivity contribution in [2.45, 2.75) is 19.4 Å². The number of aryl methyl sites for hydroxylation is 1. The summed E-state index contributed by atoms with van der Waals surface area (Å²) in [5.74, 6) is -3.45. The highest BCUT2D eigenvalue weighted by Gasteiger charge is 2.24. The second kappa shape index (κ2) is 5.10. The van der Waals surface area contributed by atoms with E-state index in [0.29, 0.717) is 5.69 Å². The molecule has 8 nitrogen and oxygen atoms in total. The number of nitrogens with one attached hydrogen (secondary N) is 2. The highest BCUT2D eigenvalue weighted by atomic mass is 16.4. The molecule has 1 unspecified atom stereocenters. The SMILES string of the molecule is Cc1cc(C(=O)NC(CC(=O)O)C(=O)O)n[nH]1. The first kappa shape index (κ1) is 12.7. The van der Waals surface area contributed by atoms with E-state index in [2.05, 4.69) is 15.5 Å². The molecule has 17 heavy (non-hydrogen) atoms. The van der Waals surface area contributed by atoms with Crippen LogP contribution in [0.25, 0.3) is 0 Å². The van der Waals surface area contributed by atoms with Crippen LogP contribution in [0.15, 0.2) is 6.07 Å². The third-order valence-electron chi connectivity index (χ3n) is 1.92. The Morgan fingerprint density at radius 1 is 1.47 bits per heavy atom. The molecule has 0 bridgehead atoms. The van der Waals surface area contributed by atoms with Crippen LogP contribution in [-0.4, -0.2) is 44.3 Å². The van der Waals surface area contributed by atoms with Gasteiger partial charge in [0.05, 0.1) is 6.42 Å². The van der Waals surface area contributed by atoms with Crippen LogP contribution < -0.4 is 5.32 Å². The van der Waals surface area contributed by atoms with Gasteiger partial charge in [0.25, 0.3) is 5.91 Å². The molecule has 92 valence electrons. The monoisotopic (exact) mass is 241 g/mol. The minimum absolute atomic E-state index is 0.0131. The summed E-state index contributed by atoms with van der Waals surface area (Å²) in [6.07, 6.45) is -0.690. The van der Waals surface area contributed by atoms with Crippen LogP contribution >= 0.6 is 0 Å². The van der Waals surface area contributed by atoms with Crippen molar-refractivity contribution in [1.29, 1.82) is 0 Å². The fraction of sp³-hybridized carbons (Fsp3) is 0.333. The number of amides is 1. The van der Waals surface area contributed by atoms with Gasteiger partial charge in [-0.05, 0) is 13.0 Å². The Morgan fingerprint density at radius 2 is 2.12 bits per heavy atom. The van der Waals surface area contributed by atoms with Crippen molar-refractivity contribution < 1.29 is 24.6 Å². The number of aromatic nitrogens is 2. The Labute approximate surface area is 95.6 Å². The molecule has 0 aromatic carbocycles. The molecule has 0 spiro atoms. The van der Waals surface area contributed by atoms with E-state index in [1.165, 1.54) is 6.07 Å². The summed E-state index contributed by atoms with van der Waals surface area (Å²) >= 11 is 0. The van der Waals surface area contributed by atoms with E-state index in [9.17, 15) is 14.4 Å². The number of H-pyrrole nitrogens is 1. The van der Waals surface area contributed by atoms with E-state index in [1.807, 2.05) is 0 Å². The lowest BCUT2D eigenvalue weighted by atomic mass is 10.2. The molecule has 1 aromatic rings. The molecule has 0 aliphatic rings. The zero-order chi connectivity index (χ0) is 13.0. The number of nitrogens with zero attached hydrogens (tertiary/aromatic N) is 1. The summed E-state index contributed by atoms with van der Waals surface area (Å²) in [6, 6.07) is -0.0494. The largest absolute Gasteiger partial charge is 0.481 e. The van der Waals surface area contributed by atoms with Gasteiger partial charge in [-0.2, -0.15) is 5.10 Å². The molecule has 1 rings (SSSR count). The van der Waals surface area contributed by atoms with Crippen molar-refractivity contribution in [2.75, 3.05) is 0 Å². The zero-order valence-electron chi connectivity index (χ0n) is 8.93. The van der Waals surface area contributed by atoms with Crippen molar-refractivity contribution in [2.24, 2.45) is 0 Å². The van der Waals surface area contributed by atoms with Gasteiger partial charge in [-0.3, -0.25) is 14.7 Å². The fourth-order valence-corrected chi connectivity index (χ4v) is 1.14. The summed E-state index contributed by atoms with van der Waals surface area (Å²) in [5, 5.41) is 25.4. The zero-order valence-corrected chi connectivity index (χ0v) is 8.93. The quantitative estimate of drug-likeness (QED) is 0.542. The molecule has 1 atom stereocenters. The molecule has 8 heteroatoms. The molecular weight excluding hydrogens is 230 g/mol. The van der Waals surface area contributed by atoms with Crippen LogP contribution in [0.5, 0.6) is 0 Å². The van der Waals surface area contributed by atoms with Crippen LogP contribution in [0.1, 0.15) is 22.6 Å². The summed E-state index contributed by atoms with van der Waals surface area (Å²) in [7, 11) is 0. The molecule has 4 N–H and O–H groups in total. The number of hydrogen-bond donors (Lipinski definition) is 4. The molecule has 1 aromatic heterocycles. The van der Waals surface area contributed by atoms with Gasteiger partial charge in [0.2, 0.25) is 0 Å². The normalized spacial score (nSPS) is 11.8. The molecule has 0 radical (unpaired) electrons. The van der Waals surface area contributed by atoms with Crippen LogP contribution in [0.3, 0.4) is 0 Å². The fourth-order valence-electron chi connectivity index (χ4n) is 1.14. The van der Waals surface area contributed by atoms with E-state index in [-0.39, 0.29) is 5.69 Å². The second-order valence-electron chi connectivity index (χ2n) is 3.40. The lowest BCUT2D eigenvalue weighted by Crippen LogP contribution is -2.42. The van der Waals surface area contributed by atoms with Gasteiger partial charge in [-0.1, -0.05) is 0 Å². The molecule has 0 aliphatic heterocycles. The molecule has 0 saturated carbocycles. The first-order valence-electron chi connectivity index (χ1n) is 4.67. The second-order valence-corrected chi connectivity index (χ2v) is 3.40. The van der Waals surface area contributed by atoms with Crippen molar-refractivity contribution in [1.82, 2.24) is 15.5 Å². The van der Waals surface area contributed by atoms with Gasteiger partial charge in [0, 0.05) is 5.69 Å². The molecule has 0 fully saturated rings. The van der Waals surface area contributed by atoms with Crippen LogP contribution in [0.4, 0.5) is 0 Å². The molecule has 0 aliphatic carbocycles. The predicted molar refractivity (Wildman–Crippen MR) is 54.5 cm³/mol. The molecule has 0 saturated heterocycles. The van der Waals surface area contributed by atoms with E-state index in [1.54, 1.807) is 6.92 Å². The van der Waals surface area contributed by atoms with Gasteiger partial charge in [0.15, 0.2) is 0 Å². The Hall–Kier alpha value is -2.38. The van der Waals surface area contributed by atoms with E-state index >= 15 is 0 Å². The maximum absolute atomic E-state index is 11.5. The smallest absolute Gasteiger partial charge is 0.326 e. The minimum Gasteiger partial charge on any atom is -0.481 e. The number of carboxylic acids is 2. The summed E-state index contributed by atoms with van der Waals surface area (Å²) < 4.78 is 0. The lowest BCUT2D eigenvalue weighted by Gasteiger charge is -2.10. The maximum Gasteiger partial charge on any atom is 0.326 e.